The van der Waals surface area contributed by atoms with Gasteiger partial charge in [-0.3, -0.25) is 9.79 Å². The van der Waals surface area contributed by atoms with Gasteiger partial charge in [0, 0.05) is 32.4 Å². The number of piperazine rings is 1. The number of sulfone groups is 1. The van der Waals surface area contributed by atoms with E-state index in [1.165, 1.54) is 6.26 Å². The van der Waals surface area contributed by atoms with Gasteiger partial charge in [-0.15, -0.1) is 24.0 Å². The molecule has 0 aromatic rings. The lowest BCUT2D eigenvalue weighted by molar-refractivity contribution is -0.145. The molecule has 23 heavy (non-hydrogen) atoms. The molecule has 1 N–H and O–H groups in total. The van der Waals surface area contributed by atoms with Crippen LogP contribution >= 0.6 is 24.0 Å². The zero-order valence-corrected chi connectivity index (χ0v) is 17.9. The van der Waals surface area contributed by atoms with Crippen LogP contribution in [0.4, 0.5) is 0 Å². The molecule has 136 valence electrons. The zero-order valence-electron chi connectivity index (χ0n) is 14.8. The maximum Gasteiger partial charge on any atom is 0.242 e. The third-order valence-electron chi connectivity index (χ3n) is 3.61. The van der Waals surface area contributed by atoms with Gasteiger partial charge in [0.05, 0.1) is 17.8 Å². The van der Waals surface area contributed by atoms with Crippen LogP contribution in [-0.4, -0.2) is 80.4 Å². The maximum absolute atomic E-state index is 12.4. The largest absolute Gasteiger partial charge is 0.355 e. The second kappa shape index (κ2) is 8.50. The first-order chi connectivity index (χ1) is 9.98. The fourth-order valence-corrected chi connectivity index (χ4v) is 3.47. The third-order valence-corrected chi connectivity index (χ3v) is 4.55. The van der Waals surface area contributed by atoms with E-state index in [0.717, 1.165) is 0 Å². The molecule has 0 radical (unpaired) electrons. The Labute approximate surface area is 156 Å². The Morgan fingerprint density at radius 2 is 1.96 bits per heavy atom. The number of hydrogen-bond donors (Lipinski definition) is 1. The monoisotopic (exact) mass is 460 g/mol. The van der Waals surface area contributed by atoms with Crippen molar-refractivity contribution in [1.29, 1.82) is 0 Å². The van der Waals surface area contributed by atoms with Crippen molar-refractivity contribution in [3.8, 4) is 0 Å². The summed E-state index contributed by atoms with van der Waals surface area (Å²) >= 11 is 0. The number of nitrogens with zero attached hydrogens (tertiary/aromatic N) is 3. The van der Waals surface area contributed by atoms with Crippen molar-refractivity contribution in [3.63, 3.8) is 0 Å². The smallest absolute Gasteiger partial charge is 0.242 e. The van der Waals surface area contributed by atoms with Crippen LogP contribution in [0.25, 0.3) is 0 Å². The first kappa shape index (κ1) is 22.4. The number of hydrogen-bond acceptors (Lipinski definition) is 4. The Kier molecular flexibility index (Phi) is 8.28. The average Bonchev–Trinajstić information content (AvgIpc) is 2.30. The standard InChI is InChI=1S/C14H28N4O3S.HI/c1-11(2)18-12(19)9-17(10-14(18,3)4)13(15-5)16-7-8-22(6,20)21;/h11H,7-10H2,1-6H3,(H,15,16);1H. The van der Waals surface area contributed by atoms with Gasteiger partial charge >= 0.3 is 0 Å². The molecule has 0 saturated carbocycles. The molecular formula is C14H29IN4O3S. The molecule has 0 aliphatic carbocycles. The lowest BCUT2D eigenvalue weighted by Crippen LogP contribution is -2.66. The second-order valence-electron chi connectivity index (χ2n) is 6.63. The minimum absolute atomic E-state index is 0. The fraction of sp³-hybridized carbons (Fsp3) is 0.857. The first-order valence-corrected chi connectivity index (χ1v) is 9.49. The van der Waals surface area contributed by atoms with E-state index in [4.69, 9.17) is 0 Å². The molecule has 1 amide bonds. The Morgan fingerprint density at radius 1 is 1.39 bits per heavy atom. The molecule has 0 unspecified atom stereocenters. The lowest BCUT2D eigenvalue weighted by Gasteiger charge is -2.49. The van der Waals surface area contributed by atoms with Crippen LogP contribution in [0.2, 0.25) is 0 Å². The quantitative estimate of drug-likeness (QED) is 0.377. The number of nitrogens with one attached hydrogen (secondary N) is 1. The number of carbonyl (C=O) groups excluding carboxylic acids is 1. The molecule has 1 saturated heterocycles. The summed E-state index contributed by atoms with van der Waals surface area (Å²) in [5, 5.41) is 3.02. The first-order valence-electron chi connectivity index (χ1n) is 7.43. The van der Waals surface area contributed by atoms with Crippen molar-refractivity contribution in [2.24, 2.45) is 4.99 Å². The average molecular weight is 460 g/mol. The summed E-state index contributed by atoms with van der Waals surface area (Å²) in [7, 11) is -1.39. The van der Waals surface area contributed by atoms with Gasteiger partial charge in [0.25, 0.3) is 0 Å². The Hall–Kier alpha value is -0.580. The highest BCUT2D eigenvalue weighted by Gasteiger charge is 2.40. The fourth-order valence-electron chi connectivity index (χ4n) is 2.99. The van der Waals surface area contributed by atoms with Gasteiger partial charge in [0.2, 0.25) is 5.91 Å². The number of halogens is 1. The predicted molar refractivity (Wildman–Crippen MR) is 104 cm³/mol. The highest BCUT2D eigenvalue weighted by Crippen LogP contribution is 2.24. The minimum atomic E-state index is -3.02. The number of aliphatic imine (C=N–C) groups is 1. The van der Waals surface area contributed by atoms with Gasteiger partial charge in [0.15, 0.2) is 5.96 Å². The van der Waals surface area contributed by atoms with E-state index >= 15 is 0 Å². The Morgan fingerprint density at radius 3 is 2.35 bits per heavy atom. The van der Waals surface area contributed by atoms with Crippen LogP contribution in [0.5, 0.6) is 0 Å². The summed E-state index contributed by atoms with van der Waals surface area (Å²) in [6.45, 7) is 9.25. The SMILES string of the molecule is CN=C(NCCS(C)(=O)=O)N1CC(=O)N(C(C)C)C(C)(C)C1.I. The third kappa shape index (κ3) is 6.44. The summed E-state index contributed by atoms with van der Waals surface area (Å²) < 4.78 is 22.4. The number of amides is 1. The van der Waals surface area contributed by atoms with Crippen molar-refractivity contribution >= 4 is 45.7 Å². The summed E-state index contributed by atoms with van der Waals surface area (Å²) in [6, 6.07) is 0.143. The molecule has 1 aliphatic rings. The normalized spacial score (nSPS) is 18.9. The van der Waals surface area contributed by atoms with Gasteiger partial charge < -0.3 is 15.1 Å². The van der Waals surface area contributed by atoms with E-state index in [1.807, 2.05) is 37.5 Å². The lowest BCUT2D eigenvalue weighted by atomic mass is 9.96. The summed E-state index contributed by atoms with van der Waals surface area (Å²) in [5.41, 5.74) is -0.308. The number of rotatable bonds is 4. The molecule has 1 rings (SSSR count). The van der Waals surface area contributed by atoms with Crippen LogP contribution < -0.4 is 5.32 Å². The topological polar surface area (TPSA) is 82.1 Å². The van der Waals surface area contributed by atoms with Crippen molar-refractivity contribution in [3.05, 3.63) is 0 Å². The van der Waals surface area contributed by atoms with Crippen LogP contribution in [0, 0.1) is 0 Å². The van der Waals surface area contributed by atoms with Crippen LogP contribution in [0.3, 0.4) is 0 Å². The van der Waals surface area contributed by atoms with Crippen molar-refractivity contribution in [1.82, 2.24) is 15.1 Å². The van der Waals surface area contributed by atoms with Crippen molar-refractivity contribution in [2.75, 3.05) is 38.7 Å². The summed E-state index contributed by atoms with van der Waals surface area (Å²) in [4.78, 5) is 20.4. The van der Waals surface area contributed by atoms with Gasteiger partial charge in [-0.25, -0.2) is 8.42 Å². The molecule has 0 atom stereocenters. The van der Waals surface area contributed by atoms with Crippen molar-refractivity contribution < 1.29 is 13.2 Å². The Bertz CT molecular complexity index is 546. The van der Waals surface area contributed by atoms with E-state index in [-0.39, 0.29) is 60.3 Å². The molecule has 0 spiro atoms. The van der Waals surface area contributed by atoms with Gasteiger partial charge in [-0.2, -0.15) is 0 Å². The molecule has 7 nitrogen and oxygen atoms in total. The minimum Gasteiger partial charge on any atom is -0.355 e. The molecule has 0 bridgehead atoms. The summed E-state index contributed by atoms with van der Waals surface area (Å²) in [6.07, 6.45) is 1.20. The van der Waals surface area contributed by atoms with Crippen LogP contribution in [-0.2, 0) is 14.6 Å². The van der Waals surface area contributed by atoms with E-state index in [0.29, 0.717) is 12.5 Å². The molecule has 1 aliphatic heterocycles. The number of carbonyl (C=O) groups is 1. The molecule has 1 fully saturated rings. The van der Waals surface area contributed by atoms with E-state index in [1.54, 1.807) is 7.05 Å². The number of guanidine groups is 1. The molecule has 9 heteroatoms. The van der Waals surface area contributed by atoms with E-state index < -0.39 is 9.84 Å². The summed E-state index contributed by atoms with van der Waals surface area (Å²) in [5.74, 6) is 0.653. The molecular weight excluding hydrogens is 431 g/mol. The van der Waals surface area contributed by atoms with Gasteiger partial charge in [-0.05, 0) is 27.7 Å². The highest BCUT2D eigenvalue weighted by atomic mass is 127. The maximum atomic E-state index is 12.4. The van der Waals surface area contributed by atoms with Gasteiger partial charge in [0.1, 0.15) is 9.84 Å². The Balaban J connectivity index is 0.00000484. The highest BCUT2D eigenvalue weighted by molar-refractivity contribution is 14.0. The van der Waals surface area contributed by atoms with E-state index in [9.17, 15) is 13.2 Å². The molecule has 0 aromatic heterocycles. The van der Waals surface area contributed by atoms with Crippen LogP contribution in [0.15, 0.2) is 4.99 Å². The van der Waals surface area contributed by atoms with Gasteiger partial charge in [-0.1, -0.05) is 0 Å². The van der Waals surface area contributed by atoms with Crippen LogP contribution in [0.1, 0.15) is 27.7 Å². The second-order valence-corrected chi connectivity index (χ2v) is 8.89. The molecule has 1 heterocycles. The van der Waals surface area contributed by atoms with E-state index in [2.05, 4.69) is 10.3 Å². The molecule has 0 aromatic carbocycles. The zero-order chi connectivity index (χ0) is 17.1. The predicted octanol–water partition coefficient (Wildman–Crippen LogP) is 0.556. The van der Waals surface area contributed by atoms with Crippen molar-refractivity contribution in [2.45, 2.75) is 39.3 Å².